The number of halogens is 1. The Morgan fingerprint density at radius 1 is 0.900 bits per heavy atom. The molecule has 0 bridgehead atoms. The Hall–Kier alpha value is -4.30. The summed E-state index contributed by atoms with van der Waals surface area (Å²) in [7, 11) is 0. The molecule has 2 N–H and O–H groups in total. The second-order valence-corrected chi connectivity index (χ2v) is 10.5. The standard InChI is InChI=1S/C31H32ClN3O5/c1-5-33-29(36)27-26(34-30(37)31(2,3)4)28(40-35-27)22-16-23(32)25(39-19-21-14-10-7-11-15-21)17-24(22)38-18-20-12-8-6-9-13-20/h6-17H,5,18-19H2,1-4H3,(H,33,36)(H,34,37). The number of hydrogen-bond donors (Lipinski definition) is 2. The van der Waals surface area contributed by atoms with Gasteiger partial charge in [-0.1, -0.05) is 98.2 Å². The van der Waals surface area contributed by atoms with Crippen molar-refractivity contribution in [3.05, 3.63) is 94.6 Å². The van der Waals surface area contributed by atoms with Crippen molar-refractivity contribution in [2.45, 2.75) is 40.9 Å². The van der Waals surface area contributed by atoms with Gasteiger partial charge in [0.05, 0.1) is 10.6 Å². The molecule has 4 rings (SSSR count). The smallest absolute Gasteiger partial charge is 0.275 e. The number of rotatable bonds is 10. The summed E-state index contributed by atoms with van der Waals surface area (Å²) in [5.74, 6) is 0.117. The monoisotopic (exact) mass is 561 g/mol. The van der Waals surface area contributed by atoms with Crippen LogP contribution in [0.25, 0.3) is 11.3 Å². The maximum Gasteiger partial charge on any atom is 0.275 e. The number of nitrogens with one attached hydrogen (secondary N) is 2. The van der Waals surface area contributed by atoms with Gasteiger partial charge in [0, 0.05) is 18.0 Å². The highest BCUT2D eigenvalue weighted by molar-refractivity contribution is 6.32. The minimum absolute atomic E-state index is 0.0519. The Bertz CT molecular complexity index is 1460. The molecule has 1 aromatic heterocycles. The molecular weight excluding hydrogens is 530 g/mol. The minimum atomic E-state index is -0.744. The largest absolute Gasteiger partial charge is 0.488 e. The Balaban J connectivity index is 1.78. The molecule has 9 heteroatoms. The summed E-state index contributed by atoms with van der Waals surface area (Å²) in [6.45, 7) is 8.01. The molecule has 3 aromatic carbocycles. The van der Waals surface area contributed by atoms with Crippen molar-refractivity contribution >= 4 is 29.1 Å². The van der Waals surface area contributed by atoms with E-state index in [0.717, 1.165) is 11.1 Å². The van der Waals surface area contributed by atoms with E-state index in [0.29, 0.717) is 35.2 Å². The number of carbonyl (C=O) groups is 2. The summed E-state index contributed by atoms with van der Waals surface area (Å²) >= 11 is 6.68. The maximum atomic E-state index is 13.0. The quantitative estimate of drug-likeness (QED) is 0.219. The highest BCUT2D eigenvalue weighted by Gasteiger charge is 2.30. The molecule has 208 valence electrons. The maximum absolute atomic E-state index is 13.0. The molecule has 0 aliphatic carbocycles. The molecule has 0 aliphatic heterocycles. The number of amides is 2. The molecule has 1 heterocycles. The van der Waals surface area contributed by atoms with E-state index in [4.69, 9.17) is 25.6 Å². The van der Waals surface area contributed by atoms with Gasteiger partial charge in [-0.05, 0) is 24.1 Å². The van der Waals surface area contributed by atoms with Gasteiger partial charge >= 0.3 is 0 Å². The van der Waals surface area contributed by atoms with E-state index < -0.39 is 11.3 Å². The lowest BCUT2D eigenvalue weighted by atomic mass is 9.95. The molecule has 0 radical (unpaired) electrons. The second kappa shape index (κ2) is 12.7. The molecule has 40 heavy (non-hydrogen) atoms. The van der Waals surface area contributed by atoms with Crippen LogP contribution in [0.5, 0.6) is 11.5 Å². The molecule has 0 unspecified atom stereocenters. The number of carbonyl (C=O) groups excluding carboxylic acids is 2. The molecular formula is C31H32ClN3O5. The molecule has 0 saturated carbocycles. The van der Waals surface area contributed by atoms with Crippen molar-refractivity contribution in [1.29, 1.82) is 0 Å². The number of benzene rings is 3. The number of ether oxygens (including phenoxy) is 2. The van der Waals surface area contributed by atoms with Crippen molar-refractivity contribution in [2.24, 2.45) is 5.41 Å². The number of nitrogens with zero attached hydrogens (tertiary/aromatic N) is 1. The summed E-state index contributed by atoms with van der Waals surface area (Å²) in [6, 6.07) is 22.7. The Labute approximate surface area is 238 Å². The van der Waals surface area contributed by atoms with Gasteiger partial charge in [0.25, 0.3) is 5.91 Å². The summed E-state index contributed by atoms with van der Waals surface area (Å²) in [4.78, 5) is 25.8. The van der Waals surface area contributed by atoms with Gasteiger partial charge in [-0.3, -0.25) is 9.59 Å². The van der Waals surface area contributed by atoms with Crippen molar-refractivity contribution in [3.8, 4) is 22.8 Å². The fraction of sp³-hybridized carbons (Fsp3) is 0.258. The van der Waals surface area contributed by atoms with Crippen LogP contribution in [-0.2, 0) is 18.0 Å². The molecule has 8 nitrogen and oxygen atoms in total. The van der Waals surface area contributed by atoms with Crippen molar-refractivity contribution < 1.29 is 23.6 Å². The third kappa shape index (κ3) is 7.01. The van der Waals surface area contributed by atoms with Crippen LogP contribution in [0.15, 0.2) is 77.3 Å². The van der Waals surface area contributed by atoms with Crippen LogP contribution in [0.4, 0.5) is 5.69 Å². The Kier molecular flexibility index (Phi) is 9.11. The van der Waals surface area contributed by atoms with E-state index in [1.54, 1.807) is 39.8 Å². The predicted octanol–water partition coefficient (Wildman–Crippen LogP) is 6.89. The van der Waals surface area contributed by atoms with Gasteiger partial charge in [-0.2, -0.15) is 0 Å². The van der Waals surface area contributed by atoms with Gasteiger partial charge in [-0.15, -0.1) is 0 Å². The van der Waals surface area contributed by atoms with E-state index in [-0.39, 0.29) is 29.7 Å². The van der Waals surface area contributed by atoms with E-state index in [1.807, 2.05) is 60.7 Å². The second-order valence-electron chi connectivity index (χ2n) is 10.1. The minimum Gasteiger partial charge on any atom is -0.488 e. The summed E-state index contributed by atoms with van der Waals surface area (Å²) in [6.07, 6.45) is 0. The van der Waals surface area contributed by atoms with E-state index >= 15 is 0 Å². The van der Waals surface area contributed by atoms with Crippen LogP contribution in [-0.4, -0.2) is 23.5 Å². The Morgan fingerprint density at radius 3 is 2.02 bits per heavy atom. The van der Waals surface area contributed by atoms with Crippen LogP contribution in [0.3, 0.4) is 0 Å². The predicted molar refractivity (Wildman–Crippen MR) is 155 cm³/mol. The normalized spacial score (nSPS) is 11.1. The van der Waals surface area contributed by atoms with Crippen LogP contribution in [0.1, 0.15) is 49.3 Å². The zero-order valence-electron chi connectivity index (χ0n) is 22.9. The third-order valence-electron chi connectivity index (χ3n) is 5.92. The molecule has 4 aromatic rings. The SMILES string of the molecule is CCNC(=O)c1noc(-c2cc(Cl)c(OCc3ccccc3)cc2OCc2ccccc2)c1NC(=O)C(C)(C)C. The van der Waals surface area contributed by atoms with Crippen LogP contribution >= 0.6 is 11.6 Å². The van der Waals surface area contributed by atoms with Gasteiger partial charge in [0.15, 0.2) is 11.5 Å². The van der Waals surface area contributed by atoms with Crippen molar-refractivity contribution in [3.63, 3.8) is 0 Å². The fourth-order valence-corrected chi connectivity index (χ4v) is 3.92. The van der Waals surface area contributed by atoms with Gasteiger partial charge < -0.3 is 24.6 Å². The van der Waals surface area contributed by atoms with Gasteiger partial charge in [0.1, 0.15) is 30.4 Å². The third-order valence-corrected chi connectivity index (χ3v) is 6.21. The van der Waals surface area contributed by atoms with E-state index in [9.17, 15) is 9.59 Å². The van der Waals surface area contributed by atoms with Gasteiger partial charge in [-0.25, -0.2) is 0 Å². The number of anilines is 1. The topological polar surface area (TPSA) is 103 Å². The molecule has 2 amide bonds. The zero-order chi connectivity index (χ0) is 28.7. The highest BCUT2D eigenvalue weighted by Crippen LogP contribution is 2.43. The first kappa shape index (κ1) is 28.7. The molecule has 0 saturated heterocycles. The van der Waals surface area contributed by atoms with Crippen LogP contribution in [0, 0.1) is 5.41 Å². The highest BCUT2D eigenvalue weighted by atomic mass is 35.5. The molecule has 0 atom stereocenters. The lowest BCUT2D eigenvalue weighted by Gasteiger charge is -2.19. The Morgan fingerprint density at radius 2 is 1.48 bits per heavy atom. The molecule has 0 fully saturated rings. The van der Waals surface area contributed by atoms with E-state index in [2.05, 4.69) is 15.8 Å². The average Bonchev–Trinajstić information content (AvgIpc) is 3.35. The van der Waals surface area contributed by atoms with Gasteiger partial charge in [0.2, 0.25) is 5.91 Å². The van der Waals surface area contributed by atoms with Crippen LogP contribution in [0.2, 0.25) is 5.02 Å². The number of aromatic nitrogens is 1. The van der Waals surface area contributed by atoms with Crippen LogP contribution < -0.4 is 20.1 Å². The summed E-state index contributed by atoms with van der Waals surface area (Å²) in [5.41, 5.74) is 1.65. The van der Waals surface area contributed by atoms with Crippen molar-refractivity contribution in [2.75, 3.05) is 11.9 Å². The fourth-order valence-electron chi connectivity index (χ4n) is 3.70. The van der Waals surface area contributed by atoms with E-state index in [1.165, 1.54) is 0 Å². The first-order valence-corrected chi connectivity index (χ1v) is 13.3. The first-order valence-electron chi connectivity index (χ1n) is 12.9. The molecule has 0 spiro atoms. The lowest BCUT2D eigenvalue weighted by Crippen LogP contribution is -2.30. The average molecular weight is 562 g/mol. The summed E-state index contributed by atoms with van der Waals surface area (Å²) in [5, 5.41) is 9.83. The number of hydrogen-bond acceptors (Lipinski definition) is 6. The van der Waals surface area contributed by atoms with Crippen molar-refractivity contribution in [1.82, 2.24) is 10.5 Å². The lowest BCUT2D eigenvalue weighted by molar-refractivity contribution is -0.123. The zero-order valence-corrected chi connectivity index (χ0v) is 23.7. The molecule has 0 aliphatic rings. The summed E-state index contributed by atoms with van der Waals surface area (Å²) < 4.78 is 17.9. The first-order chi connectivity index (χ1) is 19.2.